The van der Waals surface area contributed by atoms with E-state index >= 15 is 0 Å². The molecule has 0 bridgehead atoms. The summed E-state index contributed by atoms with van der Waals surface area (Å²) in [5.41, 5.74) is 9.46. The van der Waals surface area contributed by atoms with Crippen molar-refractivity contribution >= 4 is 11.7 Å². The van der Waals surface area contributed by atoms with E-state index in [0.717, 1.165) is 50.0 Å². The van der Waals surface area contributed by atoms with Crippen molar-refractivity contribution in [2.75, 3.05) is 13.7 Å². The van der Waals surface area contributed by atoms with Gasteiger partial charge in [0.15, 0.2) is 17.3 Å². The van der Waals surface area contributed by atoms with Gasteiger partial charge in [0.2, 0.25) is 0 Å². The highest BCUT2D eigenvalue weighted by Gasteiger charge is 2.64. The number of fused-ring (bicyclic) bond motifs is 3. The van der Waals surface area contributed by atoms with E-state index in [9.17, 15) is 9.18 Å². The van der Waals surface area contributed by atoms with Crippen LogP contribution in [0.5, 0.6) is 0 Å². The Kier molecular flexibility index (Phi) is 5.90. The first-order valence-electron chi connectivity index (χ1n) is 13.5. The number of Topliss-reactive ketones (excluding diaryl/α,β-unsaturated/α-hetero) is 1. The molecule has 1 atom stereocenters. The maximum absolute atomic E-state index is 14.4. The Morgan fingerprint density at radius 3 is 2.64 bits per heavy atom. The van der Waals surface area contributed by atoms with E-state index in [1.807, 2.05) is 0 Å². The molecule has 2 fully saturated rings. The van der Waals surface area contributed by atoms with Crippen LogP contribution in [0, 0.1) is 17.2 Å². The van der Waals surface area contributed by atoms with E-state index < -0.39 is 5.54 Å². The number of carbonyl (C=O) groups is 1. The first-order chi connectivity index (χ1) is 17.4. The fraction of sp³-hybridized carbons (Fsp3) is 0.533. The average molecular weight is 490 g/mol. The van der Waals surface area contributed by atoms with Crippen molar-refractivity contribution in [2.24, 2.45) is 22.1 Å². The third kappa shape index (κ3) is 3.85. The second kappa shape index (κ2) is 8.98. The maximum atomic E-state index is 14.4. The Morgan fingerprint density at radius 2 is 1.92 bits per heavy atom. The third-order valence-corrected chi connectivity index (χ3v) is 9.28. The van der Waals surface area contributed by atoms with Gasteiger partial charge in [-0.2, -0.15) is 0 Å². The fourth-order valence-electron chi connectivity index (χ4n) is 7.01. The van der Waals surface area contributed by atoms with Gasteiger partial charge >= 0.3 is 0 Å². The zero-order valence-corrected chi connectivity index (χ0v) is 21.1. The Bertz CT molecular complexity index is 1200. The van der Waals surface area contributed by atoms with Crippen LogP contribution in [0.2, 0.25) is 0 Å². The molecule has 2 aromatic carbocycles. The normalized spacial score (nSPS) is 29.6. The number of methoxy groups -OCH3 is 1. The van der Waals surface area contributed by atoms with E-state index in [0.29, 0.717) is 11.5 Å². The van der Waals surface area contributed by atoms with Crippen molar-refractivity contribution in [2.45, 2.75) is 76.0 Å². The minimum Gasteiger partial charge on any atom is -0.381 e. The first-order valence-corrected chi connectivity index (χ1v) is 13.5. The van der Waals surface area contributed by atoms with Crippen LogP contribution >= 0.6 is 0 Å². The van der Waals surface area contributed by atoms with Crippen LogP contribution in [0.3, 0.4) is 0 Å². The predicted octanol–water partition coefficient (Wildman–Crippen LogP) is 4.89. The molecule has 2 saturated carbocycles. The third-order valence-electron chi connectivity index (χ3n) is 9.28. The van der Waals surface area contributed by atoms with Crippen LogP contribution in [0.1, 0.15) is 67.2 Å². The summed E-state index contributed by atoms with van der Waals surface area (Å²) in [5, 5.41) is 0. The number of halogens is 1. The average Bonchev–Trinajstić information content (AvgIpc) is 3.68. The lowest BCUT2D eigenvalue weighted by Gasteiger charge is -2.49. The second-order valence-corrected chi connectivity index (χ2v) is 11.4. The Labute approximate surface area is 212 Å². The summed E-state index contributed by atoms with van der Waals surface area (Å²) in [6.07, 6.45) is 9.61. The molecule has 4 aliphatic rings. The van der Waals surface area contributed by atoms with Crippen LogP contribution in [0.4, 0.5) is 4.39 Å². The van der Waals surface area contributed by atoms with Crippen LogP contribution in [-0.2, 0) is 34.5 Å². The molecule has 3 aliphatic carbocycles. The van der Waals surface area contributed by atoms with Crippen molar-refractivity contribution < 1.29 is 13.9 Å². The predicted molar refractivity (Wildman–Crippen MR) is 138 cm³/mol. The van der Waals surface area contributed by atoms with Crippen molar-refractivity contribution in [3.8, 4) is 0 Å². The number of guanidine groups is 1. The minimum absolute atomic E-state index is 0.0852. The van der Waals surface area contributed by atoms with Crippen LogP contribution < -0.4 is 5.73 Å². The number of ketones is 1. The molecule has 6 heteroatoms. The Morgan fingerprint density at radius 1 is 1.14 bits per heavy atom. The maximum Gasteiger partial charge on any atom is 0.193 e. The van der Waals surface area contributed by atoms with Crippen molar-refractivity contribution in [3.05, 3.63) is 70.5 Å². The highest BCUT2D eigenvalue weighted by molar-refractivity contribution is 6.01. The molecule has 0 saturated heterocycles. The molecule has 5 nitrogen and oxygen atoms in total. The molecule has 0 aromatic heterocycles. The number of carbonyl (C=O) groups excluding carboxylic acids is 1. The summed E-state index contributed by atoms with van der Waals surface area (Å²) >= 11 is 0. The molecule has 190 valence electrons. The zero-order valence-electron chi connectivity index (χ0n) is 21.1. The lowest BCUT2D eigenvalue weighted by atomic mass is 9.59. The number of benzene rings is 2. The van der Waals surface area contributed by atoms with Gasteiger partial charge in [-0.1, -0.05) is 49.2 Å². The van der Waals surface area contributed by atoms with E-state index in [-0.39, 0.29) is 36.2 Å². The standard InChI is InChI=1S/C30H36FN3O2/c1-36-24-12-14-29(15-13-24)17-22-11-10-21(9-8-20-6-7-20)16-25(22)30(29)27(35)19-34(28(32)33-30)18-23-4-2-3-5-26(23)31/h2-5,10-11,16,20,24H,6-9,12-15,17-19H2,1H3,(H2,32,33). The largest absolute Gasteiger partial charge is 0.381 e. The smallest absolute Gasteiger partial charge is 0.193 e. The topological polar surface area (TPSA) is 67.9 Å². The van der Waals surface area contributed by atoms with Gasteiger partial charge in [-0.3, -0.25) is 4.79 Å². The van der Waals surface area contributed by atoms with Gasteiger partial charge in [0.25, 0.3) is 0 Å². The van der Waals surface area contributed by atoms with E-state index in [2.05, 4.69) is 18.2 Å². The summed E-state index contributed by atoms with van der Waals surface area (Å²) in [6.45, 7) is 0.377. The lowest BCUT2D eigenvalue weighted by molar-refractivity contribution is -0.133. The number of nitrogens with zero attached hydrogens (tertiary/aromatic N) is 2. The quantitative estimate of drug-likeness (QED) is 0.627. The molecule has 36 heavy (non-hydrogen) atoms. The summed E-state index contributed by atoms with van der Waals surface area (Å²) in [7, 11) is 1.77. The van der Waals surface area contributed by atoms with Gasteiger partial charge in [-0.15, -0.1) is 0 Å². The van der Waals surface area contributed by atoms with Crippen LogP contribution in [-0.4, -0.2) is 36.4 Å². The highest BCUT2D eigenvalue weighted by atomic mass is 19.1. The zero-order chi connectivity index (χ0) is 24.9. The molecule has 2 N–H and O–H groups in total. The molecule has 0 radical (unpaired) electrons. The number of ether oxygens (including phenoxy) is 1. The minimum atomic E-state index is -0.966. The van der Waals surface area contributed by atoms with Gasteiger partial charge < -0.3 is 15.4 Å². The number of hydrogen-bond donors (Lipinski definition) is 1. The monoisotopic (exact) mass is 489 g/mol. The summed E-state index contributed by atoms with van der Waals surface area (Å²) < 4.78 is 20.1. The molecule has 2 aromatic rings. The van der Waals surface area contributed by atoms with Crippen molar-refractivity contribution in [3.63, 3.8) is 0 Å². The molecule has 0 amide bonds. The van der Waals surface area contributed by atoms with E-state index in [4.69, 9.17) is 15.5 Å². The molecule has 2 spiro atoms. The second-order valence-electron chi connectivity index (χ2n) is 11.4. The lowest BCUT2D eigenvalue weighted by Crippen LogP contribution is -2.59. The summed E-state index contributed by atoms with van der Waals surface area (Å²) in [4.78, 5) is 21.2. The van der Waals surface area contributed by atoms with E-state index in [1.54, 1.807) is 30.2 Å². The number of nitrogens with two attached hydrogens (primary N) is 1. The molecule has 1 unspecified atom stereocenters. The first kappa shape index (κ1) is 23.7. The number of aryl methyl sites for hydroxylation is 1. The van der Waals surface area contributed by atoms with Gasteiger partial charge in [-0.05, 0) is 73.6 Å². The van der Waals surface area contributed by atoms with Gasteiger partial charge in [0.1, 0.15) is 5.82 Å². The SMILES string of the molecule is COC1CCC2(CC1)Cc1ccc(CCC3CC3)cc1C21N=C(N)N(Cc2ccccc2F)CC1=O. The number of rotatable bonds is 6. The van der Waals surface area contributed by atoms with Gasteiger partial charge in [0.05, 0.1) is 12.6 Å². The van der Waals surface area contributed by atoms with Crippen LogP contribution in [0.15, 0.2) is 47.5 Å². The van der Waals surface area contributed by atoms with Crippen LogP contribution in [0.25, 0.3) is 0 Å². The van der Waals surface area contributed by atoms with E-state index in [1.165, 1.54) is 36.5 Å². The summed E-state index contributed by atoms with van der Waals surface area (Å²) in [5.74, 6) is 0.989. The molecule has 1 aliphatic heterocycles. The molecular formula is C30H36FN3O2. The van der Waals surface area contributed by atoms with Gasteiger partial charge in [-0.25, -0.2) is 9.38 Å². The molecule has 6 rings (SSSR count). The Hall–Kier alpha value is -2.73. The Balaban J connectivity index is 1.40. The van der Waals surface area contributed by atoms with Gasteiger partial charge in [0, 0.05) is 24.6 Å². The summed E-state index contributed by atoms with van der Waals surface area (Å²) in [6, 6.07) is 13.4. The molecule has 1 heterocycles. The van der Waals surface area contributed by atoms with Crippen molar-refractivity contribution in [1.82, 2.24) is 4.90 Å². The highest BCUT2D eigenvalue weighted by Crippen LogP contribution is 2.61. The fourth-order valence-corrected chi connectivity index (χ4v) is 7.01. The van der Waals surface area contributed by atoms with Crippen molar-refractivity contribution in [1.29, 1.82) is 0 Å². The number of aliphatic imine (C=N–C) groups is 1. The molecular weight excluding hydrogens is 453 g/mol. The number of hydrogen-bond acceptors (Lipinski definition) is 5.